The molecule has 19 heavy (non-hydrogen) atoms. The highest BCUT2D eigenvalue weighted by atomic mass is 16.3. The number of nitrogens with one attached hydrogen (secondary N) is 1. The van der Waals surface area contributed by atoms with Crippen molar-refractivity contribution in [2.24, 2.45) is 5.92 Å². The van der Waals surface area contributed by atoms with Crippen molar-refractivity contribution in [1.29, 1.82) is 5.26 Å². The van der Waals surface area contributed by atoms with Crippen molar-refractivity contribution in [1.82, 2.24) is 5.32 Å². The Labute approximate surface area is 115 Å². The highest BCUT2D eigenvalue weighted by molar-refractivity contribution is 5.51. The summed E-state index contributed by atoms with van der Waals surface area (Å²) in [6, 6.07) is 9.61. The molecule has 0 heterocycles. The van der Waals surface area contributed by atoms with Crippen LogP contribution in [0.3, 0.4) is 0 Å². The van der Waals surface area contributed by atoms with Crippen LogP contribution >= 0.6 is 0 Å². The number of rotatable bonds is 7. The third-order valence-corrected chi connectivity index (χ3v) is 2.85. The predicted octanol–water partition coefficient (Wildman–Crippen LogP) is 2.57. The molecule has 0 aliphatic carbocycles. The maximum absolute atomic E-state index is 9.25. The number of nitrogens with zero attached hydrogens (tertiary/aromatic N) is 1. The standard InChI is InChI=1S/C16H22N2O/c1-13(10-14(2)19)12-18-9-3-4-15-5-7-16(11-17)8-6-15/h3-8,13-14,18-19H,9-10,12H2,1-2H3/b4-3+. The Kier molecular flexibility index (Phi) is 6.88. The van der Waals surface area contributed by atoms with E-state index < -0.39 is 0 Å². The molecule has 0 spiro atoms. The van der Waals surface area contributed by atoms with Crippen LogP contribution in [0.2, 0.25) is 0 Å². The SMILES string of the molecule is CC(O)CC(C)CNC/C=C/c1ccc(C#N)cc1. The van der Waals surface area contributed by atoms with E-state index in [1.165, 1.54) is 0 Å². The Morgan fingerprint density at radius 2 is 2.00 bits per heavy atom. The minimum absolute atomic E-state index is 0.231. The second-order valence-corrected chi connectivity index (χ2v) is 4.98. The van der Waals surface area contributed by atoms with Gasteiger partial charge >= 0.3 is 0 Å². The fraction of sp³-hybridized carbons (Fsp3) is 0.438. The lowest BCUT2D eigenvalue weighted by molar-refractivity contribution is 0.163. The van der Waals surface area contributed by atoms with E-state index in [1.54, 1.807) is 0 Å². The smallest absolute Gasteiger partial charge is 0.0991 e. The molecule has 0 amide bonds. The van der Waals surface area contributed by atoms with Crippen LogP contribution in [-0.4, -0.2) is 24.3 Å². The molecule has 0 saturated carbocycles. The van der Waals surface area contributed by atoms with E-state index in [0.717, 1.165) is 25.1 Å². The van der Waals surface area contributed by atoms with Crippen LogP contribution in [0.4, 0.5) is 0 Å². The van der Waals surface area contributed by atoms with Gasteiger partial charge in [0.05, 0.1) is 17.7 Å². The molecule has 0 radical (unpaired) electrons. The molecule has 0 fully saturated rings. The van der Waals surface area contributed by atoms with Crippen LogP contribution in [0.1, 0.15) is 31.4 Å². The summed E-state index contributed by atoms with van der Waals surface area (Å²) in [4.78, 5) is 0. The Morgan fingerprint density at radius 3 is 2.58 bits per heavy atom. The molecule has 2 atom stereocenters. The van der Waals surface area contributed by atoms with Gasteiger partial charge in [-0.1, -0.05) is 31.2 Å². The molecular weight excluding hydrogens is 236 g/mol. The molecule has 1 aromatic rings. The fourth-order valence-corrected chi connectivity index (χ4v) is 1.94. The normalized spacial score (nSPS) is 14.2. The second kappa shape index (κ2) is 8.47. The van der Waals surface area contributed by atoms with E-state index in [-0.39, 0.29) is 6.10 Å². The summed E-state index contributed by atoms with van der Waals surface area (Å²) in [6.45, 7) is 5.66. The van der Waals surface area contributed by atoms with Gasteiger partial charge in [0.15, 0.2) is 0 Å². The van der Waals surface area contributed by atoms with E-state index >= 15 is 0 Å². The maximum Gasteiger partial charge on any atom is 0.0991 e. The van der Waals surface area contributed by atoms with Gasteiger partial charge in [-0.2, -0.15) is 5.26 Å². The van der Waals surface area contributed by atoms with Crippen molar-refractivity contribution in [2.45, 2.75) is 26.4 Å². The molecule has 1 rings (SSSR count). The average molecular weight is 258 g/mol. The van der Waals surface area contributed by atoms with E-state index in [0.29, 0.717) is 11.5 Å². The van der Waals surface area contributed by atoms with Gasteiger partial charge in [0.2, 0.25) is 0 Å². The molecule has 1 aromatic carbocycles. The number of aliphatic hydroxyl groups excluding tert-OH is 1. The van der Waals surface area contributed by atoms with Crippen LogP contribution in [0.15, 0.2) is 30.3 Å². The molecule has 3 nitrogen and oxygen atoms in total. The molecule has 0 bridgehead atoms. The molecule has 0 aliphatic heterocycles. The highest BCUT2D eigenvalue weighted by Crippen LogP contribution is 2.05. The van der Waals surface area contributed by atoms with Crippen LogP contribution < -0.4 is 5.32 Å². The van der Waals surface area contributed by atoms with E-state index in [4.69, 9.17) is 5.26 Å². The van der Waals surface area contributed by atoms with Crippen LogP contribution in [0, 0.1) is 17.2 Å². The second-order valence-electron chi connectivity index (χ2n) is 4.98. The number of benzene rings is 1. The first kappa shape index (κ1) is 15.4. The Bertz CT molecular complexity index is 429. The van der Waals surface area contributed by atoms with Gasteiger partial charge < -0.3 is 10.4 Å². The van der Waals surface area contributed by atoms with Crippen molar-refractivity contribution in [3.63, 3.8) is 0 Å². The van der Waals surface area contributed by atoms with E-state index in [1.807, 2.05) is 37.3 Å². The lowest BCUT2D eigenvalue weighted by atomic mass is 10.0. The zero-order valence-electron chi connectivity index (χ0n) is 11.6. The summed E-state index contributed by atoms with van der Waals surface area (Å²) in [5.74, 6) is 0.475. The van der Waals surface area contributed by atoms with Gasteiger partial charge in [0, 0.05) is 6.54 Å². The molecule has 0 saturated heterocycles. The number of hydrogen-bond acceptors (Lipinski definition) is 3. The molecule has 2 unspecified atom stereocenters. The van der Waals surface area contributed by atoms with E-state index in [9.17, 15) is 5.11 Å². The first-order valence-electron chi connectivity index (χ1n) is 6.67. The Morgan fingerprint density at radius 1 is 1.32 bits per heavy atom. The monoisotopic (exact) mass is 258 g/mol. The fourth-order valence-electron chi connectivity index (χ4n) is 1.94. The Hall–Kier alpha value is -1.63. The molecule has 102 valence electrons. The molecule has 3 heteroatoms. The minimum atomic E-state index is -0.231. The topological polar surface area (TPSA) is 56.0 Å². The summed E-state index contributed by atoms with van der Waals surface area (Å²) >= 11 is 0. The summed E-state index contributed by atoms with van der Waals surface area (Å²) in [5, 5.41) is 21.3. The summed E-state index contributed by atoms with van der Waals surface area (Å²) in [6.07, 6.45) is 4.70. The van der Waals surface area contributed by atoms with Crippen LogP contribution in [0.25, 0.3) is 6.08 Å². The summed E-state index contributed by atoms with van der Waals surface area (Å²) < 4.78 is 0. The zero-order valence-corrected chi connectivity index (χ0v) is 11.6. The van der Waals surface area contributed by atoms with Crippen molar-refractivity contribution in [3.05, 3.63) is 41.5 Å². The van der Waals surface area contributed by atoms with Crippen LogP contribution in [-0.2, 0) is 0 Å². The number of nitriles is 1. The molecule has 0 aliphatic rings. The largest absolute Gasteiger partial charge is 0.393 e. The van der Waals surface area contributed by atoms with Gasteiger partial charge in [0.1, 0.15) is 0 Å². The van der Waals surface area contributed by atoms with Gasteiger partial charge in [-0.25, -0.2) is 0 Å². The lowest BCUT2D eigenvalue weighted by Crippen LogP contribution is -2.23. The van der Waals surface area contributed by atoms with Crippen molar-refractivity contribution in [2.75, 3.05) is 13.1 Å². The quantitative estimate of drug-likeness (QED) is 0.739. The number of hydrogen-bond donors (Lipinski definition) is 2. The highest BCUT2D eigenvalue weighted by Gasteiger charge is 2.04. The summed E-state index contributed by atoms with van der Waals surface area (Å²) in [5.41, 5.74) is 1.78. The first-order chi connectivity index (χ1) is 9.11. The molecule has 2 N–H and O–H groups in total. The van der Waals surface area contributed by atoms with Gasteiger partial charge in [-0.05, 0) is 43.5 Å². The van der Waals surface area contributed by atoms with Crippen molar-refractivity contribution >= 4 is 6.08 Å². The minimum Gasteiger partial charge on any atom is -0.393 e. The molecule has 0 aromatic heterocycles. The Balaban J connectivity index is 2.25. The van der Waals surface area contributed by atoms with Gasteiger partial charge in [-0.15, -0.1) is 0 Å². The lowest BCUT2D eigenvalue weighted by Gasteiger charge is -2.13. The first-order valence-corrected chi connectivity index (χ1v) is 6.67. The molecular formula is C16H22N2O. The predicted molar refractivity (Wildman–Crippen MR) is 78.5 cm³/mol. The van der Waals surface area contributed by atoms with Gasteiger partial charge in [-0.3, -0.25) is 0 Å². The maximum atomic E-state index is 9.25. The van der Waals surface area contributed by atoms with E-state index in [2.05, 4.69) is 24.4 Å². The van der Waals surface area contributed by atoms with Crippen LogP contribution in [0.5, 0.6) is 0 Å². The zero-order chi connectivity index (χ0) is 14.1. The van der Waals surface area contributed by atoms with Crippen molar-refractivity contribution < 1.29 is 5.11 Å². The third-order valence-electron chi connectivity index (χ3n) is 2.85. The van der Waals surface area contributed by atoms with Crippen molar-refractivity contribution in [3.8, 4) is 6.07 Å². The summed E-state index contributed by atoms with van der Waals surface area (Å²) in [7, 11) is 0. The average Bonchev–Trinajstić information content (AvgIpc) is 2.38. The third kappa shape index (κ3) is 6.76. The van der Waals surface area contributed by atoms with Gasteiger partial charge in [0.25, 0.3) is 0 Å². The number of aliphatic hydroxyl groups is 1.